The van der Waals surface area contributed by atoms with Crippen molar-refractivity contribution in [3.05, 3.63) is 21.4 Å². The van der Waals surface area contributed by atoms with Crippen LogP contribution in [-0.2, 0) is 4.74 Å². The van der Waals surface area contributed by atoms with Crippen molar-refractivity contribution in [1.82, 2.24) is 5.32 Å². The molecular weight excluding hydrogens is 298 g/mol. The Bertz CT molecular complexity index is 454. The second kappa shape index (κ2) is 6.61. The van der Waals surface area contributed by atoms with Gasteiger partial charge in [0.05, 0.1) is 5.60 Å². The average Bonchev–Trinajstić information content (AvgIpc) is 2.80. The van der Waals surface area contributed by atoms with Gasteiger partial charge in [0.15, 0.2) is 0 Å². The van der Waals surface area contributed by atoms with E-state index in [0.717, 1.165) is 6.61 Å². The molecule has 2 aliphatic rings. The fourth-order valence-corrected chi connectivity index (χ4v) is 6.29. The van der Waals surface area contributed by atoms with Crippen LogP contribution in [0.4, 0.5) is 0 Å². The Morgan fingerprint density at radius 1 is 1.33 bits per heavy atom. The molecule has 21 heavy (non-hydrogen) atoms. The van der Waals surface area contributed by atoms with Gasteiger partial charge in [-0.1, -0.05) is 0 Å². The molecule has 0 radical (unpaired) electrons. The fraction of sp³-hybridized carbons (Fsp3) is 0.765. The first kappa shape index (κ1) is 15.9. The van der Waals surface area contributed by atoms with E-state index in [0.29, 0.717) is 12.0 Å². The predicted molar refractivity (Wildman–Crippen MR) is 93.6 cm³/mol. The van der Waals surface area contributed by atoms with Crippen LogP contribution in [0.3, 0.4) is 0 Å². The van der Waals surface area contributed by atoms with Crippen LogP contribution in [0.5, 0.6) is 0 Å². The van der Waals surface area contributed by atoms with Crippen molar-refractivity contribution in [2.45, 2.75) is 51.2 Å². The molecule has 2 nitrogen and oxygen atoms in total. The quantitative estimate of drug-likeness (QED) is 0.894. The first-order chi connectivity index (χ1) is 10.1. The van der Waals surface area contributed by atoms with Gasteiger partial charge in [-0.2, -0.15) is 11.8 Å². The molecule has 2 unspecified atom stereocenters. The van der Waals surface area contributed by atoms with Crippen LogP contribution in [0.15, 0.2) is 6.07 Å². The molecule has 2 atom stereocenters. The van der Waals surface area contributed by atoms with Gasteiger partial charge in [-0.05, 0) is 75.6 Å². The number of hydrogen-bond acceptors (Lipinski definition) is 4. The minimum absolute atomic E-state index is 0.185. The Kier molecular flexibility index (Phi) is 4.99. The minimum Gasteiger partial charge on any atom is -0.375 e. The first-order valence-corrected chi connectivity index (χ1v) is 10.1. The normalized spacial score (nSPS) is 26.9. The van der Waals surface area contributed by atoms with Crippen LogP contribution in [0.1, 0.15) is 47.0 Å². The summed E-state index contributed by atoms with van der Waals surface area (Å²) in [7, 11) is 2.12. The van der Waals surface area contributed by atoms with Gasteiger partial charge in [-0.25, -0.2) is 0 Å². The van der Waals surface area contributed by atoms with Gasteiger partial charge in [0.1, 0.15) is 0 Å². The van der Waals surface area contributed by atoms with Crippen LogP contribution >= 0.6 is 23.1 Å². The molecule has 0 aromatic carbocycles. The van der Waals surface area contributed by atoms with Crippen LogP contribution in [0, 0.1) is 19.8 Å². The van der Waals surface area contributed by atoms with Crippen LogP contribution in [0.25, 0.3) is 0 Å². The lowest BCUT2D eigenvalue weighted by atomic mass is 9.78. The van der Waals surface area contributed by atoms with Gasteiger partial charge in [0.2, 0.25) is 0 Å². The Labute approximate surface area is 137 Å². The summed E-state index contributed by atoms with van der Waals surface area (Å²) in [6.07, 6.45) is 4.91. The standard InChI is InChI=1S/C17H27NOS2/c1-12-10-15(21-13(12)2)16(18-3)14-4-7-19-17(11-14)5-8-20-9-6-17/h10,14,16,18H,4-9,11H2,1-3H3. The van der Waals surface area contributed by atoms with Crippen LogP contribution < -0.4 is 5.32 Å². The highest BCUT2D eigenvalue weighted by Gasteiger charge is 2.41. The maximum atomic E-state index is 6.26. The summed E-state index contributed by atoms with van der Waals surface area (Å²) in [6.45, 7) is 5.41. The number of nitrogens with one attached hydrogen (secondary N) is 1. The highest BCUT2D eigenvalue weighted by molar-refractivity contribution is 7.99. The summed E-state index contributed by atoms with van der Waals surface area (Å²) in [5.41, 5.74) is 1.62. The van der Waals surface area contributed by atoms with E-state index >= 15 is 0 Å². The Morgan fingerprint density at radius 2 is 2.10 bits per heavy atom. The first-order valence-electron chi connectivity index (χ1n) is 8.09. The molecule has 0 amide bonds. The number of hydrogen-bond donors (Lipinski definition) is 1. The van der Waals surface area contributed by atoms with Crippen molar-refractivity contribution < 1.29 is 4.74 Å². The fourth-order valence-electron chi connectivity index (χ4n) is 3.81. The lowest BCUT2D eigenvalue weighted by Gasteiger charge is -2.45. The van der Waals surface area contributed by atoms with E-state index in [2.05, 4.69) is 44.0 Å². The molecule has 3 rings (SSSR count). The van der Waals surface area contributed by atoms with Gasteiger partial charge in [-0.3, -0.25) is 0 Å². The second-order valence-corrected chi connectivity index (χ2v) is 9.06. The summed E-state index contributed by atoms with van der Waals surface area (Å²) < 4.78 is 6.26. The van der Waals surface area contributed by atoms with Crippen LogP contribution in [0.2, 0.25) is 0 Å². The van der Waals surface area contributed by atoms with Crippen molar-refractivity contribution in [3.63, 3.8) is 0 Å². The highest BCUT2D eigenvalue weighted by atomic mass is 32.2. The summed E-state index contributed by atoms with van der Waals surface area (Å²) in [4.78, 5) is 2.97. The lowest BCUT2D eigenvalue weighted by Crippen LogP contribution is -2.45. The van der Waals surface area contributed by atoms with Crippen molar-refractivity contribution in [2.24, 2.45) is 5.92 Å². The second-order valence-electron chi connectivity index (χ2n) is 6.55. The van der Waals surface area contributed by atoms with E-state index in [-0.39, 0.29) is 5.60 Å². The summed E-state index contributed by atoms with van der Waals surface area (Å²) in [5.74, 6) is 3.26. The zero-order valence-electron chi connectivity index (χ0n) is 13.4. The number of aryl methyl sites for hydroxylation is 2. The van der Waals surface area contributed by atoms with Gasteiger partial charge >= 0.3 is 0 Å². The molecule has 2 fully saturated rings. The lowest BCUT2D eigenvalue weighted by molar-refractivity contribution is -0.107. The van der Waals surface area contributed by atoms with E-state index in [1.54, 1.807) is 0 Å². The van der Waals surface area contributed by atoms with E-state index in [9.17, 15) is 0 Å². The zero-order valence-corrected chi connectivity index (χ0v) is 15.0. The number of thiophene rings is 1. The van der Waals surface area contributed by atoms with Crippen molar-refractivity contribution in [1.29, 1.82) is 0 Å². The predicted octanol–water partition coefficient (Wildman–Crippen LogP) is 4.32. The summed E-state index contributed by atoms with van der Waals surface area (Å²) in [5, 5.41) is 3.60. The Morgan fingerprint density at radius 3 is 2.71 bits per heavy atom. The number of thioether (sulfide) groups is 1. The molecule has 0 saturated carbocycles. The van der Waals surface area contributed by atoms with E-state index in [1.807, 2.05) is 11.3 Å². The van der Waals surface area contributed by atoms with Crippen molar-refractivity contribution in [3.8, 4) is 0 Å². The zero-order chi connectivity index (χ0) is 14.9. The van der Waals surface area contributed by atoms with Crippen molar-refractivity contribution in [2.75, 3.05) is 25.2 Å². The monoisotopic (exact) mass is 325 g/mol. The minimum atomic E-state index is 0.185. The van der Waals surface area contributed by atoms with E-state index in [1.165, 1.54) is 52.5 Å². The van der Waals surface area contributed by atoms with Gasteiger partial charge < -0.3 is 10.1 Å². The number of ether oxygens (including phenoxy) is 1. The van der Waals surface area contributed by atoms with Gasteiger partial charge in [0.25, 0.3) is 0 Å². The molecule has 2 saturated heterocycles. The Balaban J connectivity index is 1.77. The maximum Gasteiger partial charge on any atom is 0.0701 e. The molecule has 118 valence electrons. The summed E-state index contributed by atoms with van der Waals surface area (Å²) in [6, 6.07) is 2.89. The van der Waals surface area contributed by atoms with Gasteiger partial charge in [-0.15, -0.1) is 11.3 Å². The Hall–Kier alpha value is -0.0300. The highest BCUT2D eigenvalue weighted by Crippen LogP contribution is 2.44. The van der Waals surface area contributed by atoms with E-state index < -0.39 is 0 Å². The topological polar surface area (TPSA) is 21.3 Å². The molecule has 2 aliphatic heterocycles. The van der Waals surface area contributed by atoms with Gasteiger partial charge in [0, 0.05) is 22.4 Å². The SMILES string of the molecule is CNC(c1cc(C)c(C)s1)C1CCOC2(CCSCC2)C1. The largest absolute Gasteiger partial charge is 0.375 e. The third-order valence-corrected chi connectivity index (χ3v) is 7.43. The molecule has 3 heterocycles. The number of rotatable bonds is 3. The maximum absolute atomic E-state index is 6.26. The average molecular weight is 326 g/mol. The summed E-state index contributed by atoms with van der Waals surface area (Å²) >= 11 is 4.05. The molecule has 1 spiro atoms. The third kappa shape index (κ3) is 3.34. The molecule has 4 heteroatoms. The third-order valence-electron chi connectivity index (χ3n) is 5.21. The van der Waals surface area contributed by atoms with Crippen molar-refractivity contribution >= 4 is 23.1 Å². The smallest absolute Gasteiger partial charge is 0.0701 e. The van der Waals surface area contributed by atoms with Crippen LogP contribution in [-0.4, -0.2) is 30.8 Å². The molecular formula is C17H27NOS2. The molecule has 1 aromatic rings. The van der Waals surface area contributed by atoms with E-state index in [4.69, 9.17) is 4.74 Å². The molecule has 0 bridgehead atoms. The molecule has 1 aromatic heterocycles. The molecule has 1 N–H and O–H groups in total. The molecule has 0 aliphatic carbocycles.